The first kappa shape index (κ1) is 13.7. The van der Waals surface area contributed by atoms with E-state index < -0.39 is 5.41 Å². The lowest BCUT2D eigenvalue weighted by Gasteiger charge is -2.44. The minimum atomic E-state index is -0.732. The van der Waals surface area contributed by atoms with Gasteiger partial charge in [0.25, 0.3) is 0 Å². The van der Waals surface area contributed by atoms with Crippen LogP contribution in [0.1, 0.15) is 33.6 Å². The SMILES string of the molecule is CC1CN2CCCC2CN1C(=O)C(C)(C)C(N)=S. The minimum absolute atomic E-state index is 0.0778. The molecular weight excluding hydrogens is 246 g/mol. The number of hydrogen-bond donors (Lipinski definition) is 1. The van der Waals surface area contributed by atoms with Gasteiger partial charge in [-0.1, -0.05) is 12.2 Å². The molecule has 5 heteroatoms. The van der Waals surface area contributed by atoms with Crippen molar-refractivity contribution in [3.63, 3.8) is 0 Å². The number of rotatable bonds is 2. The summed E-state index contributed by atoms with van der Waals surface area (Å²) in [4.78, 5) is 17.4. The van der Waals surface area contributed by atoms with Crippen molar-refractivity contribution in [3.8, 4) is 0 Å². The van der Waals surface area contributed by atoms with Crippen molar-refractivity contribution in [2.45, 2.75) is 45.7 Å². The summed E-state index contributed by atoms with van der Waals surface area (Å²) in [5.74, 6) is 0.0778. The third kappa shape index (κ3) is 2.26. The summed E-state index contributed by atoms with van der Waals surface area (Å²) in [6.45, 7) is 8.74. The largest absolute Gasteiger partial charge is 0.392 e. The smallest absolute Gasteiger partial charge is 0.235 e. The van der Waals surface area contributed by atoms with Crippen LogP contribution in [0.25, 0.3) is 0 Å². The summed E-state index contributed by atoms with van der Waals surface area (Å²) in [5.41, 5.74) is 4.97. The molecule has 1 amide bonds. The first-order chi connectivity index (χ1) is 8.34. The maximum atomic E-state index is 12.6. The molecule has 2 N–H and O–H groups in total. The monoisotopic (exact) mass is 269 g/mol. The molecule has 4 nitrogen and oxygen atoms in total. The Bertz CT molecular complexity index is 369. The van der Waals surface area contributed by atoms with Crippen molar-refractivity contribution in [2.75, 3.05) is 19.6 Å². The highest BCUT2D eigenvalue weighted by atomic mass is 32.1. The maximum absolute atomic E-state index is 12.6. The lowest BCUT2D eigenvalue weighted by Crippen LogP contribution is -2.60. The van der Waals surface area contributed by atoms with E-state index in [1.54, 1.807) is 0 Å². The van der Waals surface area contributed by atoms with E-state index in [9.17, 15) is 4.79 Å². The Morgan fingerprint density at radius 2 is 2.06 bits per heavy atom. The van der Waals surface area contributed by atoms with Crippen molar-refractivity contribution in [2.24, 2.45) is 11.1 Å². The van der Waals surface area contributed by atoms with Crippen LogP contribution in [0.2, 0.25) is 0 Å². The molecule has 0 aromatic heterocycles. The summed E-state index contributed by atoms with van der Waals surface area (Å²) in [5, 5.41) is 0. The van der Waals surface area contributed by atoms with E-state index in [-0.39, 0.29) is 16.9 Å². The summed E-state index contributed by atoms with van der Waals surface area (Å²) in [6.07, 6.45) is 2.45. The first-order valence-electron chi connectivity index (χ1n) is 6.69. The van der Waals surface area contributed by atoms with Crippen molar-refractivity contribution >= 4 is 23.1 Å². The van der Waals surface area contributed by atoms with Crippen molar-refractivity contribution in [1.29, 1.82) is 0 Å². The van der Waals surface area contributed by atoms with Crippen LogP contribution in [-0.4, -0.2) is 52.4 Å². The predicted molar refractivity (Wildman–Crippen MR) is 76.3 cm³/mol. The van der Waals surface area contributed by atoms with Gasteiger partial charge in [0.05, 0.1) is 10.4 Å². The zero-order chi connectivity index (χ0) is 13.5. The second-order valence-corrected chi connectivity index (χ2v) is 6.53. The summed E-state index contributed by atoms with van der Waals surface area (Å²) < 4.78 is 0. The molecule has 0 spiro atoms. The molecule has 2 unspecified atom stereocenters. The van der Waals surface area contributed by atoms with Crippen molar-refractivity contribution in [1.82, 2.24) is 9.80 Å². The number of thiocarbonyl (C=S) groups is 1. The molecule has 0 aliphatic carbocycles. The van der Waals surface area contributed by atoms with Gasteiger partial charge in [-0.25, -0.2) is 0 Å². The number of nitrogens with zero attached hydrogens (tertiary/aromatic N) is 2. The highest BCUT2D eigenvalue weighted by Crippen LogP contribution is 2.28. The van der Waals surface area contributed by atoms with Crippen LogP contribution < -0.4 is 5.73 Å². The predicted octanol–water partition coefficient (Wildman–Crippen LogP) is 0.994. The number of fused-ring (bicyclic) bond motifs is 1. The van der Waals surface area contributed by atoms with Gasteiger partial charge in [-0.2, -0.15) is 0 Å². The number of amides is 1. The molecule has 2 saturated heterocycles. The average molecular weight is 269 g/mol. The van der Waals surface area contributed by atoms with Gasteiger partial charge in [-0.05, 0) is 40.2 Å². The Hall–Kier alpha value is -0.680. The topological polar surface area (TPSA) is 49.6 Å². The second-order valence-electron chi connectivity index (χ2n) is 6.09. The van der Waals surface area contributed by atoms with Gasteiger partial charge in [0.1, 0.15) is 0 Å². The molecule has 0 bridgehead atoms. The highest BCUT2D eigenvalue weighted by Gasteiger charge is 2.42. The molecule has 18 heavy (non-hydrogen) atoms. The van der Waals surface area contributed by atoms with Crippen molar-refractivity contribution < 1.29 is 4.79 Å². The van der Waals surface area contributed by atoms with E-state index in [2.05, 4.69) is 11.8 Å². The third-order valence-corrected chi connectivity index (χ3v) is 4.86. The first-order valence-corrected chi connectivity index (χ1v) is 7.10. The molecule has 0 aromatic carbocycles. The van der Waals surface area contributed by atoms with Gasteiger partial charge in [0.15, 0.2) is 0 Å². The summed E-state index contributed by atoms with van der Waals surface area (Å²) >= 11 is 5.03. The Morgan fingerprint density at radius 3 is 2.67 bits per heavy atom. The van der Waals surface area contributed by atoms with Crippen molar-refractivity contribution in [3.05, 3.63) is 0 Å². The molecular formula is C13H23N3OS. The van der Waals surface area contributed by atoms with Crippen LogP contribution >= 0.6 is 12.2 Å². The minimum Gasteiger partial charge on any atom is -0.392 e. The summed E-state index contributed by atoms with van der Waals surface area (Å²) in [6, 6.07) is 0.785. The fraction of sp³-hybridized carbons (Fsp3) is 0.846. The highest BCUT2D eigenvalue weighted by molar-refractivity contribution is 7.80. The molecule has 2 heterocycles. The van der Waals surface area contributed by atoms with Gasteiger partial charge < -0.3 is 10.6 Å². The van der Waals surface area contributed by atoms with E-state index in [4.69, 9.17) is 18.0 Å². The molecule has 2 atom stereocenters. The maximum Gasteiger partial charge on any atom is 0.235 e. The molecule has 0 aromatic rings. The summed E-state index contributed by atoms with van der Waals surface area (Å²) in [7, 11) is 0. The van der Waals surface area contributed by atoms with Crippen LogP contribution in [-0.2, 0) is 4.79 Å². The fourth-order valence-electron chi connectivity index (χ4n) is 2.93. The zero-order valence-electron chi connectivity index (χ0n) is 11.5. The Morgan fingerprint density at radius 1 is 1.39 bits per heavy atom. The second kappa shape index (κ2) is 4.78. The number of piperazine rings is 1. The number of carbonyl (C=O) groups excluding carboxylic acids is 1. The van der Waals surface area contributed by atoms with Crippen LogP contribution in [0.5, 0.6) is 0 Å². The van der Waals surface area contributed by atoms with Gasteiger partial charge in [0.2, 0.25) is 5.91 Å². The molecule has 102 valence electrons. The third-order valence-electron chi connectivity index (χ3n) is 4.35. The molecule has 2 rings (SSSR count). The van der Waals surface area contributed by atoms with Gasteiger partial charge in [-0.15, -0.1) is 0 Å². The van der Waals surface area contributed by atoms with E-state index in [0.29, 0.717) is 6.04 Å². The lowest BCUT2D eigenvalue weighted by atomic mass is 9.90. The average Bonchev–Trinajstić information content (AvgIpc) is 2.73. The molecule has 2 aliphatic heterocycles. The van der Waals surface area contributed by atoms with Crippen LogP contribution in [0.15, 0.2) is 0 Å². The Balaban J connectivity index is 2.13. The molecule has 2 fully saturated rings. The standard InChI is InChI=1S/C13H23N3OS/c1-9-7-15-6-4-5-10(15)8-16(9)12(17)13(2,3)11(14)18/h9-10H,4-8H2,1-3H3,(H2,14,18). The van der Waals surface area contributed by atoms with Crippen LogP contribution in [0.3, 0.4) is 0 Å². The molecule has 2 aliphatic rings. The number of nitrogens with two attached hydrogens (primary N) is 1. The normalized spacial score (nSPS) is 29.2. The van der Waals surface area contributed by atoms with E-state index in [1.807, 2.05) is 18.7 Å². The van der Waals surface area contributed by atoms with Gasteiger partial charge in [0, 0.05) is 25.2 Å². The zero-order valence-corrected chi connectivity index (χ0v) is 12.3. The Labute approximate surface area is 114 Å². The van der Waals surface area contributed by atoms with E-state index >= 15 is 0 Å². The van der Waals surface area contributed by atoms with Gasteiger partial charge in [-0.3, -0.25) is 9.69 Å². The molecule has 0 radical (unpaired) electrons. The quantitative estimate of drug-likeness (QED) is 0.760. The number of hydrogen-bond acceptors (Lipinski definition) is 3. The van der Waals surface area contributed by atoms with Crippen LogP contribution in [0.4, 0.5) is 0 Å². The van der Waals surface area contributed by atoms with Crippen LogP contribution in [0, 0.1) is 5.41 Å². The fourth-order valence-corrected chi connectivity index (χ4v) is 3.02. The van der Waals surface area contributed by atoms with E-state index in [1.165, 1.54) is 19.4 Å². The molecule has 0 saturated carbocycles. The van der Waals surface area contributed by atoms with E-state index in [0.717, 1.165) is 13.1 Å². The van der Waals surface area contributed by atoms with Gasteiger partial charge >= 0.3 is 0 Å². The number of carbonyl (C=O) groups is 1. The lowest BCUT2D eigenvalue weighted by molar-refractivity contribution is -0.142. The Kier molecular flexibility index (Phi) is 3.65.